The van der Waals surface area contributed by atoms with Gasteiger partial charge in [-0.25, -0.2) is 0 Å². The molecule has 0 aromatic rings. The second-order valence-electron chi connectivity index (χ2n) is 9.86. The fourth-order valence-corrected chi connectivity index (χ4v) is 3.92. The van der Waals surface area contributed by atoms with Gasteiger partial charge in [0, 0.05) is 5.57 Å². The van der Waals surface area contributed by atoms with Gasteiger partial charge in [0.1, 0.15) is 0 Å². The monoisotopic (exact) mass is 438 g/mol. The molecule has 0 amide bonds. The Morgan fingerprint density at radius 3 is 1.28 bits per heavy atom. The van der Waals surface area contributed by atoms with Crippen LogP contribution in [-0.2, 0) is 9.47 Å². The van der Waals surface area contributed by atoms with E-state index in [0.29, 0.717) is 0 Å². The van der Waals surface area contributed by atoms with Gasteiger partial charge in [-0.3, -0.25) is 0 Å². The van der Waals surface area contributed by atoms with Gasteiger partial charge in [-0.15, -0.1) is 0 Å². The summed E-state index contributed by atoms with van der Waals surface area (Å²) in [7, 11) is 0. The molecule has 0 spiro atoms. The number of hydrogen-bond acceptors (Lipinski definition) is 2. The lowest BCUT2D eigenvalue weighted by atomic mass is 10.0. The summed E-state index contributed by atoms with van der Waals surface area (Å²) >= 11 is 0. The van der Waals surface area contributed by atoms with Crippen LogP contribution in [0.15, 0.2) is 69.9 Å². The SMILES string of the molecule is CC(C)=CCC/C(C)=C/CC/C(C)=C/CC/C=C(\C)CC/C=C(\C)CCC=C1C2OC1O2. The van der Waals surface area contributed by atoms with Gasteiger partial charge in [-0.1, -0.05) is 64.3 Å². The highest BCUT2D eigenvalue weighted by Crippen LogP contribution is 2.42. The minimum atomic E-state index is -0.000598. The van der Waals surface area contributed by atoms with Crippen molar-refractivity contribution in [1.29, 1.82) is 0 Å². The smallest absolute Gasteiger partial charge is 0.191 e. The predicted molar refractivity (Wildman–Crippen MR) is 138 cm³/mol. The zero-order valence-corrected chi connectivity index (χ0v) is 21.5. The quantitative estimate of drug-likeness (QED) is 0.187. The van der Waals surface area contributed by atoms with Crippen LogP contribution < -0.4 is 0 Å². The van der Waals surface area contributed by atoms with Crippen molar-refractivity contribution in [3.63, 3.8) is 0 Å². The first-order valence-corrected chi connectivity index (χ1v) is 12.6. The van der Waals surface area contributed by atoms with Gasteiger partial charge >= 0.3 is 0 Å². The van der Waals surface area contributed by atoms with Crippen LogP contribution in [0.1, 0.15) is 106 Å². The molecule has 178 valence electrons. The fraction of sp³-hybridized carbons (Fsp3) is 0.600. The Kier molecular flexibility index (Phi) is 12.1. The Labute approximate surface area is 197 Å². The molecule has 2 heteroatoms. The van der Waals surface area contributed by atoms with Crippen LogP contribution >= 0.6 is 0 Å². The lowest BCUT2D eigenvalue weighted by Crippen LogP contribution is -2.58. The van der Waals surface area contributed by atoms with Crippen LogP contribution in [0.25, 0.3) is 0 Å². The molecule has 0 aromatic heterocycles. The van der Waals surface area contributed by atoms with Crippen LogP contribution in [0.3, 0.4) is 0 Å². The molecular weight excluding hydrogens is 392 g/mol. The Bertz CT molecular complexity index is 753. The largest absolute Gasteiger partial charge is 0.315 e. The standard InChI is InChI=1S/C30H46O2/c1-23(2)13-9-16-26(5)19-10-17-24(3)14-7-8-15-25(4)18-11-20-27(6)21-12-22-28-29-31-30(28)32-29/h13-15,19-20,22,29-30H,7-12,16-18,21H2,1-6H3/b24-14+,25-15+,26-19+,27-20+,28-22?. The zero-order chi connectivity index (χ0) is 23.3. The van der Waals surface area contributed by atoms with Gasteiger partial charge in [0.2, 0.25) is 0 Å². The number of hydrogen-bond donors (Lipinski definition) is 0. The molecule has 3 aliphatic heterocycles. The molecule has 0 aromatic carbocycles. The number of ether oxygens (including phenoxy) is 2. The van der Waals surface area contributed by atoms with E-state index in [4.69, 9.17) is 9.47 Å². The molecule has 32 heavy (non-hydrogen) atoms. The number of unbranched alkanes of at least 4 members (excludes halogenated alkanes) is 1. The van der Waals surface area contributed by atoms with Crippen molar-refractivity contribution in [1.82, 2.24) is 0 Å². The summed E-state index contributed by atoms with van der Waals surface area (Å²) in [6, 6.07) is 0. The van der Waals surface area contributed by atoms with Crippen molar-refractivity contribution >= 4 is 0 Å². The van der Waals surface area contributed by atoms with Crippen molar-refractivity contribution in [2.24, 2.45) is 0 Å². The normalized spacial score (nSPS) is 21.2. The Morgan fingerprint density at radius 2 is 0.906 bits per heavy atom. The maximum Gasteiger partial charge on any atom is 0.191 e. The summed E-state index contributed by atoms with van der Waals surface area (Å²) in [6.07, 6.45) is 25.9. The lowest BCUT2D eigenvalue weighted by molar-refractivity contribution is -0.430. The molecule has 0 saturated carbocycles. The van der Waals surface area contributed by atoms with E-state index in [1.54, 1.807) is 0 Å². The van der Waals surface area contributed by atoms with Crippen molar-refractivity contribution in [3.05, 3.63) is 69.9 Å². The second kappa shape index (κ2) is 14.5. The lowest BCUT2D eigenvalue weighted by Gasteiger charge is -2.51. The summed E-state index contributed by atoms with van der Waals surface area (Å²) in [5.41, 5.74) is 8.82. The highest BCUT2D eigenvalue weighted by molar-refractivity contribution is 5.23. The summed E-state index contributed by atoms with van der Waals surface area (Å²) < 4.78 is 10.5. The minimum Gasteiger partial charge on any atom is -0.315 e. The van der Waals surface area contributed by atoms with Gasteiger partial charge in [0.05, 0.1) is 0 Å². The second-order valence-corrected chi connectivity index (χ2v) is 9.86. The molecule has 3 heterocycles. The molecule has 2 bridgehead atoms. The summed E-state index contributed by atoms with van der Waals surface area (Å²) in [5.74, 6) is 0. The number of allylic oxidation sites excluding steroid dienone is 11. The molecule has 3 aliphatic rings. The van der Waals surface area contributed by atoms with E-state index in [1.807, 2.05) is 0 Å². The van der Waals surface area contributed by atoms with Gasteiger partial charge < -0.3 is 9.47 Å². The maximum absolute atomic E-state index is 5.27. The van der Waals surface area contributed by atoms with Crippen molar-refractivity contribution in [2.45, 2.75) is 118 Å². The highest BCUT2D eigenvalue weighted by Gasteiger charge is 2.51. The van der Waals surface area contributed by atoms with E-state index in [0.717, 1.165) is 32.1 Å². The van der Waals surface area contributed by atoms with Gasteiger partial charge in [-0.05, 0) is 106 Å². The van der Waals surface area contributed by atoms with Crippen LogP contribution in [-0.4, -0.2) is 12.6 Å². The van der Waals surface area contributed by atoms with Crippen LogP contribution in [0.2, 0.25) is 0 Å². The molecular formula is C30H46O2. The predicted octanol–water partition coefficient (Wildman–Crippen LogP) is 9.28. The Hall–Kier alpha value is -1.64. The van der Waals surface area contributed by atoms with Crippen molar-refractivity contribution < 1.29 is 9.47 Å². The highest BCUT2D eigenvalue weighted by atomic mass is 16.9. The van der Waals surface area contributed by atoms with Crippen molar-refractivity contribution in [3.8, 4) is 0 Å². The van der Waals surface area contributed by atoms with E-state index < -0.39 is 0 Å². The molecule has 3 rings (SSSR count). The summed E-state index contributed by atoms with van der Waals surface area (Å²) in [5, 5.41) is 0. The Morgan fingerprint density at radius 1 is 0.531 bits per heavy atom. The molecule has 0 unspecified atom stereocenters. The third-order valence-electron chi connectivity index (χ3n) is 6.26. The third kappa shape index (κ3) is 10.3. The van der Waals surface area contributed by atoms with Gasteiger partial charge in [-0.2, -0.15) is 0 Å². The maximum atomic E-state index is 5.27. The van der Waals surface area contributed by atoms with Crippen LogP contribution in [0.4, 0.5) is 0 Å². The van der Waals surface area contributed by atoms with Crippen LogP contribution in [0, 0.1) is 0 Å². The van der Waals surface area contributed by atoms with E-state index >= 15 is 0 Å². The molecule has 2 nitrogen and oxygen atoms in total. The zero-order valence-electron chi connectivity index (χ0n) is 21.5. The molecule has 0 atom stereocenters. The summed E-state index contributed by atoms with van der Waals surface area (Å²) in [4.78, 5) is 0. The Balaban J connectivity index is 1.52. The average molecular weight is 439 g/mol. The number of rotatable bonds is 15. The van der Waals surface area contributed by atoms with E-state index in [2.05, 4.69) is 78.0 Å². The first-order valence-electron chi connectivity index (χ1n) is 12.6. The molecule has 0 radical (unpaired) electrons. The molecule has 0 N–H and O–H groups in total. The molecule has 3 saturated heterocycles. The van der Waals surface area contributed by atoms with E-state index in [9.17, 15) is 0 Å². The first kappa shape index (κ1) is 26.6. The van der Waals surface area contributed by atoms with Crippen molar-refractivity contribution in [2.75, 3.05) is 0 Å². The first-order chi connectivity index (χ1) is 15.3. The summed E-state index contributed by atoms with van der Waals surface area (Å²) in [6.45, 7) is 13.4. The van der Waals surface area contributed by atoms with Gasteiger partial charge in [0.25, 0.3) is 0 Å². The fourth-order valence-electron chi connectivity index (χ4n) is 3.92. The third-order valence-corrected chi connectivity index (χ3v) is 6.26. The molecule has 0 aliphatic carbocycles. The van der Waals surface area contributed by atoms with E-state index in [1.165, 1.54) is 65.5 Å². The van der Waals surface area contributed by atoms with Gasteiger partial charge in [0.15, 0.2) is 12.6 Å². The molecule has 3 fully saturated rings. The average Bonchev–Trinajstić information content (AvgIpc) is 2.66. The van der Waals surface area contributed by atoms with E-state index in [-0.39, 0.29) is 12.6 Å². The topological polar surface area (TPSA) is 18.5 Å². The minimum absolute atomic E-state index is 0.000598. The van der Waals surface area contributed by atoms with Crippen LogP contribution in [0.5, 0.6) is 0 Å².